The number of carbonyl (C=O) groups is 1. The lowest BCUT2D eigenvalue weighted by Crippen LogP contribution is -2.28. The van der Waals surface area contributed by atoms with E-state index < -0.39 is 27.6 Å². The minimum Gasteiger partial charge on any atom is -0.267 e. The number of nitrogens with one attached hydrogen (secondary N) is 1. The normalized spacial score (nSPS) is 15.6. The lowest BCUT2D eigenvalue weighted by Gasteiger charge is -2.15. The summed E-state index contributed by atoms with van der Waals surface area (Å²) in [4.78, 5) is 12.4. The molecule has 1 aliphatic heterocycles. The molecule has 28 heavy (non-hydrogen) atoms. The molecule has 0 aromatic heterocycles. The molecule has 9 heteroatoms. The third kappa shape index (κ3) is 4.10. The molecule has 148 valence electrons. The van der Waals surface area contributed by atoms with Crippen molar-refractivity contribution in [1.82, 2.24) is 9.73 Å². The first-order valence-corrected chi connectivity index (χ1v) is 10.1. The van der Waals surface area contributed by atoms with E-state index in [0.29, 0.717) is 13.1 Å². The highest BCUT2D eigenvalue weighted by Gasteiger charge is 2.27. The highest BCUT2D eigenvalue weighted by Crippen LogP contribution is 2.21. The number of nitrogens with zero attached hydrogens (tertiary/aromatic N) is 2. The highest BCUT2D eigenvalue weighted by atomic mass is 32.2. The summed E-state index contributed by atoms with van der Waals surface area (Å²) in [7, 11) is -3.66. The van der Waals surface area contributed by atoms with Gasteiger partial charge in [-0.3, -0.25) is 4.79 Å². The maximum atomic E-state index is 13.8. The zero-order chi connectivity index (χ0) is 20.3. The Balaban J connectivity index is 1.80. The molecule has 1 aliphatic rings. The van der Waals surface area contributed by atoms with Crippen LogP contribution in [0.4, 0.5) is 8.78 Å². The Morgan fingerprint density at radius 2 is 1.68 bits per heavy atom. The van der Waals surface area contributed by atoms with E-state index in [2.05, 4.69) is 10.5 Å². The third-order valence-electron chi connectivity index (χ3n) is 4.45. The second-order valence-corrected chi connectivity index (χ2v) is 8.31. The van der Waals surface area contributed by atoms with E-state index in [4.69, 9.17) is 0 Å². The molecule has 1 N–H and O–H groups in total. The van der Waals surface area contributed by atoms with E-state index in [0.717, 1.165) is 25.0 Å². The van der Waals surface area contributed by atoms with Crippen LogP contribution in [-0.2, 0) is 10.0 Å². The first-order valence-electron chi connectivity index (χ1n) is 8.70. The maximum absolute atomic E-state index is 13.8. The van der Waals surface area contributed by atoms with Crippen LogP contribution in [0.2, 0.25) is 0 Å². The second-order valence-electron chi connectivity index (χ2n) is 6.37. The van der Waals surface area contributed by atoms with E-state index >= 15 is 0 Å². The van der Waals surface area contributed by atoms with Crippen LogP contribution >= 0.6 is 0 Å². The van der Waals surface area contributed by atoms with Crippen LogP contribution in [0.1, 0.15) is 35.7 Å². The SMILES string of the molecule is C/C(=N/NC(=O)c1cccc(S(=O)(=O)N2CCCC2)c1)c1c(F)cccc1F. The van der Waals surface area contributed by atoms with Crippen LogP contribution in [0.3, 0.4) is 0 Å². The van der Waals surface area contributed by atoms with Crippen molar-refractivity contribution in [2.75, 3.05) is 13.1 Å². The molecule has 0 saturated carbocycles. The Kier molecular flexibility index (Phi) is 5.85. The molecule has 0 spiro atoms. The molecule has 0 aliphatic carbocycles. The molecule has 0 unspecified atom stereocenters. The van der Waals surface area contributed by atoms with Crippen molar-refractivity contribution in [3.63, 3.8) is 0 Å². The van der Waals surface area contributed by atoms with Crippen LogP contribution in [0.15, 0.2) is 52.5 Å². The quantitative estimate of drug-likeness (QED) is 0.612. The minimum atomic E-state index is -3.66. The number of benzene rings is 2. The summed E-state index contributed by atoms with van der Waals surface area (Å²) in [6.07, 6.45) is 1.61. The van der Waals surface area contributed by atoms with Gasteiger partial charge in [0.15, 0.2) is 0 Å². The zero-order valence-electron chi connectivity index (χ0n) is 15.2. The molecule has 6 nitrogen and oxygen atoms in total. The summed E-state index contributed by atoms with van der Waals surface area (Å²) in [6.45, 7) is 2.27. The van der Waals surface area contributed by atoms with Crippen molar-refractivity contribution in [1.29, 1.82) is 0 Å². The summed E-state index contributed by atoms with van der Waals surface area (Å²) in [6, 6.07) is 8.99. The van der Waals surface area contributed by atoms with Crippen molar-refractivity contribution in [2.24, 2.45) is 5.10 Å². The van der Waals surface area contributed by atoms with Crippen LogP contribution in [-0.4, -0.2) is 37.4 Å². The summed E-state index contributed by atoms with van der Waals surface area (Å²) >= 11 is 0. The Morgan fingerprint density at radius 1 is 1.07 bits per heavy atom. The van der Waals surface area contributed by atoms with Gasteiger partial charge in [-0.15, -0.1) is 0 Å². The van der Waals surface area contributed by atoms with Crippen LogP contribution in [0, 0.1) is 11.6 Å². The van der Waals surface area contributed by atoms with Crippen molar-refractivity contribution in [3.8, 4) is 0 Å². The standard InChI is InChI=1S/C19H19F2N3O3S/c1-13(18-16(20)8-5-9-17(18)21)22-23-19(25)14-6-4-7-15(12-14)28(26,27)24-10-2-3-11-24/h4-9,12H,2-3,10-11H2,1H3,(H,23,25)/b22-13-. The van der Waals surface area contributed by atoms with Gasteiger partial charge in [-0.1, -0.05) is 12.1 Å². The number of hydrogen-bond donors (Lipinski definition) is 1. The fraction of sp³-hybridized carbons (Fsp3) is 0.263. The van der Waals surface area contributed by atoms with Gasteiger partial charge in [0.05, 0.1) is 16.2 Å². The van der Waals surface area contributed by atoms with Gasteiger partial charge in [0.1, 0.15) is 11.6 Å². The molecule has 2 aromatic rings. The third-order valence-corrected chi connectivity index (χ3v) is 6.34. The Bertz CT molecular complexity index is 1010. The molecule has 2 aromatic carbocycles. The monoisotopic (exact) mass is 407 g/mol. The molecule has 1 fully saturated rings. The average molecular weight is 407 g/mol. The summed E-state index contributed by atoms with van der Waals surface area (Å²) in [5.74, 6) is -2.28. The predicted octanol–water partition coefficient (Wildman–Crippen LogP) is 2.90. The second kappa shape index (κ2) is 8.15. The predicted molar refractivity (Wildman–Crippen MR) is 100 cm³/mol. The largest absolute Gasteiger partial charge is 0.271 e. The Hall–Kier alpha value is -2.65. The molecule has 0 radical (unpaired) electrons. The average Bonchev–Trinajstić information content (AvgIpc) is 3.22. The van der Waals surface area contributed by atoms with Gasteiger partial charge in [-0.05, 0) is 50.1 Å². The van der Waals surface area contributed by atoms with Crippen molar-refractivity contribution in [2.45, 2.75) is 24.7 Å². The zero-order valence-corrected chi connectivity index (χ0v) is 16.0. The fourth-order valence-corrected chi connectivity index (χ4v) is 4.54. The molecule has 3 rings (SSSR count). The van der Waals surface area contributed by atoms with Crippen LogP contribution in [0.25, 0.3) is 0 Å². The van der Waals surface area contributed by atoms with E-state index in [9.17, 15) is 22.0 Å². The number of sulfonamides is 1. The van der Waals surface area contributed by atoms with E-state index in [-0.39, 0.29) is 21.7 Å². The molecule has 0 bridgehead atoms. The van der Waals surface area contributed by atoms with Gasteiger partial charge in [-0.25, -0.2) is 22.6 Å². The van der Waals surface area contributed by atoms with Gasteiger partial charge in [0, 0.05) is 18.7 Å². The summed E-state index contributed by atoms with van der Waals surface area (Å²) in [5.41, 5.74) is 1.89. The van der Waals surface area contributed by atoms with Crippen LogP contribution in [0.5, 0.6) is 0 Å². The summed E-state index contributed by atoms with van der Waals surface area (Å²) in [5, 5.41) is 3.74. The molecule has 1 saturated heterocycles. The van der Waals surface area contributed by atoms with Crippen molar-refractivity contribution >= 4 is 21.6 Å². The van der Waals surface area contributed by atoms with Gasteiger partial charge >= 0.3 is 0 Å². The van der Waals surface area contributed by atoms with Gasteiger partial charge < -0.3 is 0 Å². The number of rotatable bonds is 5. The first-order chi connectivity index (χ1) is 13.3. The van der Waals surface area contributed by atoms with Crippen LogP contribution < -0.4 is 5.43 Å². The maximum Gasteiger partial charge on any atom is 0.271 e. The number of hydrazone groups is 1. The topological polar surface area (TPSA) is 78.8 Å². The lowest BCUT2D eigenvalue weighted by molar-refractivity contribution is 0.0954. The molecule has 1 heterocycles. The molecule has 1 amide bonds. The number of hydrogen-bond acceptors (Lipinski definition) is 4. The molecular weight excluding hydrogens is 388 g/mol. The van der Waals surface area contributed by atoms with E-state index in [1.165, 1.54) is 41.6 Å². The van der Waals surface area contributed by atoms with Crippen molar-refractivity contribution in [3.05, 3.63) is 65.2 Å². The van der Waals surface area contributed by atoms with Gasteiger partial charge in [0.25, 0.3) is 5.91 Å². The minimum absolute atomic E-state index is 0.0166. The number of halogens is 2. The fourth-order valence-electron chi connectivity index (χ4n) is 2.97. The van der Waals surface area contributed by atoms with Gasteiger partial charge in [0.2, 0.25) is 10.0 Å². The van der Waals surface area contributed by atoms with Gasteiger partial charge in [-0.2, -0.15) is 9.41 Å². The first kappa shape index (κ1) is 20.1. The number of amides is 1. The molecular formula is C19H19F2N3O3S. The number of carbonyl (C=O) groups excluding carboxylic acids is 1. The lowest BCUT2D eigenvalue weighted by atomic mass is 10.1. The smallest absolute Gasteiger partial charge is 0.267 e. The molecule has 0 atom stereocenters. The van der Waals surface area contributed by atoms with Crippen molar-refractivity contribution < 1.29 is 22.0 Å². The summed E-state index contributed by atoms with van der Waals surface area (Å²) < 4.78 is 54.2. The Morgan fingerprint density at radius 3 is 2.32 bits per heavy atom. The highest BCUT2D eigenvalue weighted by molar-refractivity contribution is 7.89. The van der Waals surface area contributed by atoms with E-state index in [1.807, 2.05) is 0 Å². The van der Waals surface area contributed by atoms with E-state index in [1.54, 1.807) is 0 Å². The Labute approximate surface area is 161 Å².